The molecule has 0 aliphatic heterocycles. The lowest BCUT2D eigenvalue weighted by molar-refractivity contribution is -0.136. The highest BCUT2D eigenvalue weighted by molar-refractivity contribution is 9.10. The molecule has 18 heavy (non-hydrogen) atoms. The summed E-state index contributed by atoms with van der Waals surface area (Å²) in [5.74, 6) is -0.0581. The van der Waals surface area contributed by atoms with Crippen LogP contribution >= 0.6 is 15.9 Å². The maximum absolute atomic E-state index is 12.1. The molecule has 1 aromatic carbocycles. The van der Waals surface area contributed by atoms with Crippen LogP contribution in [0.4, 0.5) is 13.2 Å². The van der Waals surface area contributed by atoms with Crippen LogP contribution in [0.5, 0.6) is 11.5 Å². The van der Waals surface area contributed by atoms with E-state index in [2.05, 4.69) is 15.9 Å². The molecule has 0 saturated carbocycles. The van der Waals surface area contributed by atoms with Gasteiger partial charge in [-0.15, -0.1) is 0 Å². The highest BCUT2D eigenvalue weighted by Crippen LogP contribution is 2.38. The van der Waals surface area contributed by atoms with Crippen molar-refractivity contribution < 1.29 is 23.0 Å². The molecule has 0 bridgehead atoms. The minimum Gasteiger partial charge on any atom is -0.504 e. The topological polar surface area (TPSA) is 55.5 Å². The van der Waals surface area contributed by atoms with Crippen molar-refractivity contribution in [2.75, 3.05) is 7.11 Å². The lowest BCUT2D eigenvalue weighted by atomic mass is 10.0. The van der Waals surface area contributed by atoms with Crippen molar-refractivity contribution in [3.8, 4) is 11.5 Å². The van der Waals surface area contributed by atoms with Gasteiger partial charge in [0.15, 0.2) is 11.5 Å². The summed E-state index contributed by atoms with van der Waals surface area (Å²) < 4.78 is 41.8. The normalized spacial score (nSPS) is 13.4. The van der Waals surface area contributed by atoms with Crippen LogP contribution in [0.15, 0.2) is 16.6 Å². The zero-order chi connectivity index (χ0) is 13.9. The number of alkyl halides is 3. The Morgan fingerprint density at radius 1 is 1.44 bits per heavy atom. The van der Waals surface area contributed by atoms with Crippen molar-refractivity contribution in [2.24, 2.45) is 5.73 Å². The first-order chi connectivity index (χ1) is 8.24. The Balaban J connectivity index is 2.91. The van der Waals surface area contributed by atoms with E-state index in [1.165, 1.54) is 19.2 Å². The van der Waals surface area contributed by atoms with Gasteiger partial charge < -0.3 is 15.6 Å². The minimum absolute atomic E-state index is 0.168. The number of nitrogens with two attached hydrogens (primary N) is 1. The fourth-order valence-electron chi connectivity index (χ4n) is 1.51. The van der Waals surface area contributed by atoms with E-state index in [0.717, 1.165) is 0 Å². The van der Waals surface area contributed by atoms with Gasteiger partial charge in [-0.3, -0.25) is 0 Å². The number of hydrogen-bond donors (Lipinski definition) is 2. The monoisotopic (exact) mass is 327 g/mol. The van der Waals surface area contributed by atoms with Crippen molar-refractivity contribution in [3.63, 3.8) is 0 Å². The second-order valence-electron chi connectivity index (χ2n) is 3.81. The molecule has 0 fully saturated rings. The lowest BCUT2D eigenvalue weighted by Crippen LogP contribution is -2.16. The van der Waals surface area contributed by atoms with Gasteiger partial charge in [0, 0.05) is 22.5 Å². The number of methoxy groups -OCH3 is 1. The highest BCUT2D eigenvalue weighted by Gasteiger charge is 2.28. The third-order valence-corrected chi connectivity index (χ3v) is 2.89. The number of aromatic hydroxyl groups is 1. The third-order valence-electron chi connectivity index (χ3n) is 2.43. The predicted molar refractivity (Wildman–Crippen MR) is 64.6 cm³/mol. The summed E-state index contributed by atoms with van der Waals surface area (Å²) in [5, 5.41) is 9.81. The number of ether oxygens (including phenoxy) is 1. The molecule has 7 heteroatoms. The van der Waals surface area contributed by atoms with Crippen LogP contribution in [0, 0.1) is 0 Å². The van der Waals surface area contributed by atoms with Crippen LogP contribution in [0.25, 0.3) is 0 Å². The molecular formula is C11H13BrF3NO2. The average Bonchev–Trinajstić information content (AvgIpc) is 2.27. The number of phenolic OH excluding ortho intramolecular Hbond substituents is 1. The van der Waals surface area contributed by atoms with Crippen LogP contribution in [0.3, 0.4) is 0 Å². The fraction of sp³-hybridized carbons (Fsp3) is 0.455. The van der Waals surface area contributed by atoms with E-state index in [9.17, 15) is 18.3 Å². The molecule has 1 aromatic rings. The molecule has 3 nitrogen and oxygen atoms in total. The first-order valence-electron chi connectivity index (χ1n) is 5.13. The van der Waals surface area contributed by atoms with E-state index in [4.69, 9.17) is 10.5 Å². The zero-order valence-electron chi connectivity index (χ0n) is 9.59. The van der Waals surface area contributed by atoms with E-state index < -0.39 is 18.6 Å². The van der Waals surface area contributed by atoms with Crippen molar-refractivity contribution in [3.05, 3.63) is 22.2 Å². The summed E-state index contributed by atoms with van der Waals surface area (Å²) in [6.45, 7) is 0. The standard InChI is InChI=1S/C11H13BrF3NO2/c1-18-9-5-6(12)4-7(10(9)17)8(16)2-3-11(13,14)15/h4-5,8,17H,2-3,16H2,1H3/t8-/m1/s1. The second-order valence-corrected chi connectivity index (χ2v) is 4.72. The summed E-state index contributed by atoms with van der Waals surface area (Å²) in [5.41, 5.74) is 5.89. The number of benzene rings is 1. The Labute approximate surface area is 111 Å². The van der Waals surface area contributed by atoms with Gasteiger partial charge in [0.2, 0.25) is 0 Å². The highest BCUT2D eigenvalue weighted by atomic mass is 79.9. The van der Waals surface area contributed by atoms with Crippen LogP contribution < -0.4 is 10.5 Å². The largest absolute Gasteiger partial charge is 0.504 e. The van der Waals surface area contributed by atoms with Crippen molar-refractivity contribution in [2.45, 2.75) is 25.1 Å². The van der Waals surface area contributed by atoms with Crippen LogP contribution in [0.1, 0.15) is 24.4 Å². The van der Waals surface area contributed by atoms with E-state index in [1.807, 2.05) is 0 Å². The minimum atomic E-state index is -4.26. The summed E-state index contributed by atoms with van der Waals surface area (Å²) in [4.78, 5) is 0. The van der Waals surface area contributed by atoms with Crippen molar-refractivity contribution in [1.29, 1.82) is 0 Å². The number of halogens is 4. The lowest BCUT2D eigenvalue weighted by Gasteiger charge is -2.17. The Kier molecular flexibility index (Phi) is 4.86. The average molecular weight is 328 g/mol. The van der Waals surface area contributed by atoms with Gasteiger partial charge in [-0.25, -0.2) is 0 Å². The SMILES string of the molecule is COc1cc(Br)cc([C@H](N)CCC(F)(F)F)c1O. The van der Waals surface area contributed by atoms with E-state index in [1.54, 1.807) is 0 Å². The predicted octanol–water partition coefficient (Wildman–Crippen LogP) is 3.51. The van der Waals surface area contributed by atoms with Crippen LogP contribution in [-0.2, 0) is 0 Å². The van der Waals surface area contributed by atoms with Crippen LogP contribution in [-0.4, -0.2) is 18.4 Å². The van der Waals surface area contributed by atoms with E-state index in [0.29, 0.717) is 4.47 Å². The smallest absolute Gasteiger partial charge is 0.389 e. The molecule has 0 amide bonds. The Morgan fingerprint density at radius 3 is 2.56 bits per heavy atom. The van der Waals surface area contributed by atoms with Gasteiger partial charge in [0.05, 0.1) is 7.11 Å². The summed E-state index contributed by atoms with van der Waals surface area (Å²) in [6.07, 6.45) is -5.55. The molecule has 1 rings (SSSR count). The summed E-state index contributed by atoms with van der Waals surface area (Å²) in [6, 6.07) is 2.09. The molecule has 0 heterocycles. The van der Waals surface area contributed by atoms with Gasteiger partial charge in [-0.05, 0) is 18.6 Å². The Hall–Kier alpha value is -0.950. The Bertz CT molecular complexity index is 423. The van der Waals surface area contributed by atoms with Crippen LogP contribution in [0.2, 0.25) is 0 Å². The first kappa shape index (κ1) is 15.1. The molecule has 0 spiro atoms. The van der Waals surface area contributed by atoms with Crippen molar-refractivity contribution >= 4 is 15.9 Å². The zero-order valence-corrected chi connectivity index (χ0v) is 11.2. The fourth-order valence-corrected chi connectivity index (χ4v) is 1.96. The number of hydrogen-bond acceptors (Lipinski definition) is 3. The molecule has 0 aliphatic carbocycles. The first-order valence-corrected chi connectivity index (χ1v) is 5.92. The summed E-state index contributed by atoms with van der Waals surface area (Å²) in [7, 11) is 1.35. The molecule has 0 aromatic heterocycles. The second kappa shape index (κ2) is 5.79. The van der Waals surface area contributed by atoms with Gasteiger partial charge >= 0.3 is 6.18 Å². The van der Waals surface area contributed by atoms with E-state index >= 15 is 0 Å². The third kappa shape index (κ3) is 4.06. The summed E-state index contributed by atoms with van der Waals surface area (Å²) >= 11 is 3.18. The van der Waals surface area contributed by atoms with Gasteiger partial charge in [-0.2, -0.15) is 13.2 Å². The molecule has 0 unspecified atom stereocenters. The number of rotatable bonds is 4. The van der Waals surface area contributed by atoms with Gasteiger partial charge in [0.1, 0.15) is 0 Å². The van der Waals surface area contributed by atoms with E-state index in [-0.39, 0.29) is 23.5 Å². The quantitative estimate of drug-likeness (QED) is 0.889. The van der Waals surface area contributed by atoms with Gasteiger partial charge in [-0.1, -0.05) is 15.9 Å². The Morgan fingerprint density at radius 2 is 2.06 bits per heavy atom. The molecule has 0 radical (unpaired) electrons. The van der Waals surface area contributed by atoms with Crippen molar-refractivity contribution in [1.82, 2.24) is 0 Å². The van der Waals surface area contributed by atoms with Gasteiger partial charge in [0.25, 0.3) is 0 Å². The molecular weight excluding hydrogens is 315 g/mol. The molecule has 102 valence electrons. The molecule has 3 N–H and O–H groups in total. The maximum atomic E-state index is 12.1. The molecule has 0 aliphatic rings. The number of phenols is 1. The molecule has 1 atom stereocenters. The molecule has 0 saturated heterocycles. The maximum Gasteiger partial charge on any atom is 0.389 e.